The smallest absolute Gasteiger partial charge is 0.387 e. The van der Waals surface area contributed by atoms with E-state index < -0.39 is 6.61 Å². The second-order valence-corrected chi connectivity index (χ2v) is 5.68. The summed E-state index contributed by atoms with van der Waals surface area (Å²) in [5.41, 5.74) is 2.43. The van der Waals surface area contributed by atoms with Gasteiger partial charge in [0, 0.05) is 18.2 Å². The summed E-state index contributed by atoms with van der Waals surface area (Å²) in [5, 5.41) is 10.2. The SMILES string of the molecule is CCNC(=NCc1cc(C)ccc1OC(F)F)NCc1cc(CC)no1.I. The molecule has 2 aromatic rings. The van der Waals surface area contributed by atoms with Crippen LogP contribution in [0, 0.1) is 6.92 Å². The summed E-state index contributed by atoms with van der Waals surface area (Å²) in [4.78, 5) is 4.44. The van der Waals surface area contributed by atoms with Crippen LogP contribution in [0.5, 0.6) is 5.75 Å². The molecule has 0 aliphatic rings. The van der Waals surface area contributed by atoms with Gasteiger partial charge in [-0.1, -0.05) is 29.8 Å². The number of halogens is 3. The summed E-state index contributed by atoms with van der Waals surface area (Å²) in [6.45, 7) is 4.25. The molecular formula is C18H25F2IN4O2. The van der Waals surface area contributed by atoms with Gasteiger partial charge in [-0.15, -0.1) is 24.0 Å². The largest absolute Gasteiger partial charge is 0.434 e. The van der Waals surface area contributed by atoms with Gasteiger partial charge in [-0.05, 0) is 26.3 Å². The fourth-order valence-corrected chi connectivity index (χ4v) is 2.33. The minimum absolute atomic E-state index is 0. The Bertz CT molecular complexity index is 738. The Morgan fingerprint density at radius 3 is 2.67 bits per heavy atom. The van der Waals surface area contributed by atoms with Crippen molar-refractivity contribution in [2.24, 2.45) is 4.99 Å². The highest BCUT2D eigenvalue weighted by Gasteiger charge is 2.10. The van der Waals surface area contributed by atoms with Gasteiger partial charge in [0.1, 0.15) is 5.75 Å². The third-order valence-corrected chi connectivity index (χ3v) is 3.58. The summed E-state index contributed by atoms with van der Waals surface area (Å²) in [5.74, 6) is 1.38. The van der Waals surface area contributed by atoms with Crippen LogP contribution in [0.25, 0.3) is 0 Å². The maximum Gasteiger partial charge on any atom is 0.387 e. The van der Waals surface area contributed by atoms with Crippen molar-refractivity contribution >= 4 is 29.9 Å². The van der Waals surface area contributed by atoms with Crippen LogP contribution in [0.2, 0.25) is 0 Å². The van der Waals surface area contributed by atoms with Gasteiger partial charge in [-0.2, -0.15) is 8.78 Å². The van der Waals surface area contributed by atoms with Crippen LogP contribution in [0.15, 0.2) is 33.8 Å². The van der Waals surface area contributed by atoms with Gasteiger partial charge in [0.2, 0.25) is 0 Å². The van der Waals surface area contributed by atoms with Crippen LogP contribution in [-0.2, 0) is 19.5 Å². The molecule has 150 valence electrons. The lowest BCUT2D eigenvalue weighted by molar-refractivity contribution is -0.0504. The molecule has 1 aromatic heterocycles. The first-order valence-corrected chi connectivity index (χ1v) is 8.52. The molecule has 27 heavy (non-hydrogen) atoms. The third-order valence-electron chi connectivity index (χ3n) is 3.58. The molecule has 0 saturated carbocycles. The molecule has 0 spiro atoms. The van der Waals surface area contributed by atoms with Crippen molar-refractivity contribution in [2.45, 2.75) is 46.9 Å². The lowest BCUT2D eigenvalue weighted by Gasteiger charge is -2.12. The van der Waals surface area contributed by atoms with E-state index in [1.165, 1.54) is 6.07 Å². The zero-order valence-corrected chi connectivity index (χ0v) is 17.9. The number of nitrogens with zero attached hydrogens (tertiary/aromatic N) is 2. The highest BCUT2D eigenvalue weighted by molar-refractivity contribution is 14.0. The Balaban J connectivity index is 0.00000364. The highest BCUT2D eigenvalue weighted by atomic mass is 127. The highest BCUT2D eigenvalue weighted by Crippen LogP contribution is 2.22. The van der Waals surface area contributed by atoms with E-state index >= 15 is 0 Å². The summed E-state index contributed by atoms with van der Waals surface area (Å²) in [7, 11) is 0. The maximum atomic E-state index is 12.6. The quantitative estimate of drug-likeness (QED) is 0.330. The van der Waals surface area contributed by atoms with Crippen LogP contribution in [0.1, 0.15) is 36.4 Å². The Hall–Kier alpha value is -1.91. The Labute approximate surface area is 174 Å². The molecule has 1 aromatic carbocycles. The Kier molecular flexibility index (Phi) is 10.0. The summed E-state index contributed by atoms with van der Waals surface area (Å²) in [6, 6.07) is 6.93. The van der Waals surface area contributed by atoms with E-state index in [0.717, 1.165) is 17.7 Å². The van der Waals surface area contributed by atoms with Crippen LogP contribution < -0.4 is 15.4 Å². The number of guanidine groups is 1. The molecule has 0 unspecified atom stereocenters. The number of aliphatic imine (C=N–C) groups is 1. The van der Waals surface area contributed by atoms with Gasteiger partial charge >= 0.3 is 6.61 Å². The average molecular weight is 494 g/mol. The summed E-state index contributed by atoms with van der Waals surface area (Å²) in [6.07, 6.45) is 0.804. The predicted molar refractivity (Wildman–Crippen MR) is 111 cm³/mol. The number of rotatable bonds is 8. The van der Waals surface area contributed by atoms with E-state index in [-0.39, 0.29) is 36.3 Å². The first-order valence-electron chi connectivity index (χ1n) is 8.52. The van der Waals surface area contributed by atoms with Gasteiger partial charge < -0.3 is 19.9 Å². The molecule has 0 radical (unpaired) electrons. The van der Waals surface area contributed by atoms with Gasteiger partial charge in [-0.3, -0.25) is 0 Å². The van der Waals surface area contributed by atoms with Crippen LogP contribution >= 0.6 is 24.0 Å². The zero-order chi connectivity index (χ0) is 18.9. The molecule has 1 heterocycles. The number of ether oxygens (including phenoxy) is 1. The molecule has 0 amide bonds. The topological polar surface area (TPSA) is 71.7 Å². The Morgan fingerprint density at radius 1 is 1.26 bits per heavy atom. The normalized spacial score (nSPS) is 11.3. The van der Waals surface area contributed by atoms with E-state index in [1.54, 1.807) is 12.1 Å². The minimum Gasteiger partial charge on any atom is -0.434 e. The van der Waals surface area contributed by atoms with Crippen molar-refractivity contribution in [1.29, 1.82) is 0 Å². The number of hydrogen-bond acceptors (Lipinski definition) is 4. The van der Waals surface area contributed by atoms with Crippen molar-refractivity contribution in [2.75, 3.05) is 6.54 Å². The van der Waals surface area contributed by atoms with Gasteiger partial charge in [0.05, 0.1) is 18.8 Å². The number of nitrogens with one attached hydrogen (secondary N) is 2. The number of hydrogen-bond donors (Lipinski definition) is 2. The standard InChI is InChI=1S/C18H24F2N4O2.HI/c1-4-14-9-15(26-24-14)11-23-18(21-5-2)22-10-13-8-12(3)6-7-16(13)25-17(19)20;/h6-9,17H,4-5,10-11H2,1-3H3,(H2,21,22,23);1H. The van der Waals surface area contributed by atoms with Crippen molar-refractivity contribution in [3.05, 3.63) is 46.8 Å². The second-order valence-electron chi connectivity index (χ2n) is 5.68. The molecule has 0 aliphatic heterocycles. The predicted octanol–water partition coefficient (Wildman–Crippen LogP) is 4.02. The summed E-state index contributed by atoms with van der Waals surface area (Å²) >= 11 is 0. The van der Waals surface area contributed by atoms with E-state index in [1.807, 2.05) is 26.8 Å². The van der Waals surface area contributed by atoms with E-state index in [9.17, 15) is 8.78 Å². The lowest BCUT2D eigenvalue weighted by Crippen LogP contribution is -2.36. The van der Waals surface area contributed by atoms with Gasteiger partial charge in [0.25, 0.3) is 0 Å². The molecule has 0 aliphatic carbocycles. The van der Waals surface area contributed by atoms with E-state index in [4.69, 9.17) is 4.52 Å². The van der Waals surface area contributed by atoms with Crippen molar-refractivity contribution < 1.29 is 18.0 Å². The Morgan fingerprint density at radius 2 is 2.04 bits per heavy atom. The second kappa shape index (κ2) is 11.7. The zero-order valence-electron chi connectivity index (χ0n) is 15.6. The molecule has 0 fully saturated rings. The molecule has 6 nitrogen and oxygen atoms in total. The lowest BCUT2D eigenvalue weighted by atomic mass is 10.1. The third kappa shape index (κ3) is 7.69. The minimum atomic E-state index is -2.87. The molecule has 2 N–H and O–H groups in total. The first-order chi connectivity index (χ1) is 12.5. The van der Waals surface area contributed by atoms with Gasteiger partial charge in [-0.25, -0.2) is 4.99 Å². The molecule has 0 bridgehead atoms. The molecular weight excluding hydrogens is 469 g/mol. The fourth-order valence-electron chi connectivity index (χ4n) is 2.33. The molecule has 0 atom stereocenters. The molecule has 9 heteroatoms. The van der Waals surface area contributed by atoms with Crippen LogP contribution in [0.3, 0.4) is 0 Å². The molecule has 2 rings (SSSR count). The first kappa shape index (κ1) is 23.1. The number of aromatic nitrogens is 1. The number of benzene rings is 1. The van der Waals surface area contributed by atoms with E-state index in [2.05, 4.69) is 25.5 Å². The van der Waals surface area contributed by atoms with Crippen molar-refractivity contribution in [3.8, 4) is 5.75 Å². The van der Waals surface area contributed by atoms with Gasteiger partial charge in [0.15, 0.2) is 11.7 Å². The maximum absolute atomic E-state index is 12.6. The number of alkyl halides is 2. The van der Waals surface area contributed by atoms with Crippen LogP contribution in [-0.4, -0.2) is 24.3 Å². The van der Waals surface area contributed by atoms with Crippen LogP contribution in [0.4, 0.5) is 8.78 Å². The average Bonchev–Trinajstić information content (AvgIpc) is 3.07. The fraction of sp³-hybridized carbons (Fsp3) is 0.444. The summed E-state index contributed by atoms with van der Waals surface area (Å²) < 4.78 is 34.9. The van der Waals surface area contributed by atoms with Crippen molar-refractivity contribution in [1.82, 2.24) is 15.8 Å². The molecule has 0 saturated heterocycles. The number of aryl methyl sites for hydroxylation is 2. The monoisotopic (exact) mass is 494 g/mol. The van der Waals surface area contributed by atoms with Crippen molar-refractivity contribution in [3.63, 3.8) is 0 Å². The van der Waals surface area contributed by atoms with E-state index in [0.29, 0.717) is 30.4 Å².